The molecule has 1 fully saturated rings. The van der Waals surface area contributed by atoms with Crippen LogP contribution in [0.2, 0.25) is 0 Å². The van der Waals surface area contributed by atoms with Gasteiger partial charge in [-0.15, -0.1) is 0 Å². The van der Waals surface area contributed by atoms with E-state index in [4.69, 9.17) is 0 Å². The minimum atomic E-state index is -0.708. The summed E-state index contributed by atoms with van der Waals surface area (Å²) in [6.07, 6.45) is 1.50. The van der Waals surface area contributed by atoms with Crippen molar-refractivity contribution in [3.8, 4) is 0 Å². The molecule has 1 aliphatic rings. The third-order valence-corrected chi connectivity index (χ3v) is 4.24. The van der Waals surface area contributed by atoms with Gasteiger partial charge in [-0.2, -0.15) is 0 Å². The Morgan fingerprint density at radius 2 is 2.12 bits per heavy atom. The van der Waals surface area contributed by atoms with Crippen molar-refractivity contribution in [3.63, 3.8) is 0 Å². The molecular formula is C12H22FNO2. The molecule has 0 saturated heterocycles. The zero-order valence-corrected chi connectivity index (χ0v) is 10.3. The Balaban J connectivity index is 2.70. The normalized spacial score (nSPS) is 33.6. The molecular weight excluding hydrogens is 209 g/mol. The van der Waals surface area contributed by atoms with Crippen molar-refractivity contribution >= 4 is 5.97 Å². The van der Waals surface area contributed by atoms with Gasteiger partial charge in [0.15, 0.2) is 0 Å². The highest BCUT2D eigenvalue weighted by molar-refractivity contribution is 5.71. The van der Waals surface area contributed by atoms with Gasteiger partial charge in [-0.05, 0) is 24.2 Å². The highest BCUT2D eigenvalue weighted by atomic mass is 19.1. The molecule has 16 heavy (non-hydrogen) atoms. The molecule has 0 aromatic rings. The molecule has 0 amide bonds. The first kappa shape index (κ1) is 13.4. The van der Waals surface area contributed by atoms with E-state index in [-0.39, 0.29) is 30.0 Å². The van der Waals surface area contributed by atoms with Crippen LogP contribution in [-0.2, 0) is 4.79 Å². The molecule has 2 N–H and O–H groups in total. The zero-order valence-electron chi connectivity index (χ0n) is 10.3. The summed E-state index contributed by atoms with van der Waals surface area (Å²) in [7, 11) is 0. The minimum absolute atomic E-state index is 0.237. The molecule has 3 atom stereocenters. The van der Waals surface area contributed by atoms with Gasteiger partial charge < -0.3 is 10.4 Å². The number of halogens is 1. The fraction of sp³-hybridized carbons (Fsp3) is 0.917. The number of carbonyl (C=O) groups is 1. The predicted octanol–water partition coefficient (Wildman–Crippen LogP) is 2.07. The predicted molar refractivity (Wildman–Crippen MR) is 61.1 cm³/mol. The minimum Gasteiger partial charge on any atom is -0.481 e. The summed E-state index contributed by atoms with van der Waals surface area (Å²) in [4.78, 5) is 11.2. The maximum Gasteiger partial charge on any atom is 0.307 e. The lowest BCUT2D eigenvalue weighted by molar-refractivity contribution is -0.150. The van der Waals surface area contributed by atoms with Gasteiger partial charge in [-0.1, -0.05) is 20.8 Å². The van der Waals surface area contributed by atoms with Crippen LogP contribution in [0.4, 0.5) is 4.39 Å². The van der Waals surface area contributed by atoms with Gasteiger partial charge in [0.25, 0.3) is 0 Å². The van der Waals surface area contributed by atoms with Crippen LogP contribution in [0.1, 0.15) is 33.6 Å². The van der Waals surface area contributed by atoms with Crippen LogP contribution in [-0.4, -0.2) is 30.3 Å². The summed E-state index contributed by atoms with van der Waals surface area (Å²) in [6, 6.07) is 0.237. The van der Waals surface area contributed by atoms with E-state index in [9.17, 15) is 14.3 Å². The van der Waals surface area contributed by atoms with Gasteiger partial charge in [0, 0.05) is 12.6 Å². The first-order valence-corrected chi connectivity index (χ1v) is 5.93. The van der Waals surface area contributed by atoms with Gasteiger partial charge in [-0.25, -0.2) is 4.39 Å². The van der Waals surface area contributed by atoms with Crippen LogP contribution in [0.3, 0.4) is 0 Å². The maximum absolute atomic E-state index is 12.1. The molecule has 3 nitrogen and oxygen atoms in total. The topological polar surface area (TPSA) is 49.3 Å². The van der Waals surface area contributed by atoms with Crippen molar-refractivity contribution in [2.45, 2.75) is 39.7 Å². The molecule has 94 valence electrons. The van der Waals surface area contributed by atoms with E-state index < -0.39 is 5.97 Å². The highest BCUT2D eigenvalue weighted by Crippen LogP contribution is 2.44. The first-order valence-electron chi connectivity index (χ1n) is 5.93. The molecule has 0 aliphatic heterocycles. The quantitative estimate of drug-likeness (QED) is 0.778. The second-order valence-corrected chi connectivity index (χ2v) is 5.33. The molecule has 1 saturated carbocycles. The summed E-state index contributed by atoms with van der Waals surface area (Å²) in [5, 5.41) is 12.3. The molecule has 0 aromatic carbocycles. The largest absolute Gasteiger partial charge is 0.481 e. The number of carboxylic acids is 1. The SMILES string of the molecule is CC1C(NCCF)CCC(C(=O)O)C1(C)C. The summed E-state index contributed by atoms with van der Waals surface area (Å²) in [5.41, 5.74) is -0.238. The van der Waals surface area contributed by atoms with E-state index in [0.717, 1.165) is 6.42 Å². The van der Waals surface area contributed by atoms with Gasteiger partial charge in [0.2, 0.25) is 0 Å². The smallest absolute Gasteiger partial charge is 0.307 e. The van der Waals surface area contributed by atoms with Crippen LogP contribution < -0.4 is 5.32 Å². The van der Waals surface area contributed by atoms with Crippen molar-refractivity contribution < 1.29 is 14.3 Å². The molecule has 0 heterocycles. The third-order valence-electron chi connectivity index (χ3n) is 4.24. The molecule has 0 spiro atoms. The van der Waals surface area contributed by atoms with Gasteiger partial charge in [-0.3, -0.25) is 4.79 Å². The van der Waals surface area contributed by atoms with Crippen LogP contribution in [0.15, 0.2) is 0 Å². The van der Waals surface area contributed by atoms with Crippen molar-refractivity contribution in [2.24, 2.45) is 17.3 Å². The van der Waals surface area contributed by atoms with E-state index in [1.165, 1.54) is 0 Å². The average Bonchev–Trinajstić information content (AvgIpc) is 2.19. The van der Waals surface area contributed by atoms with Crippen molar-refractivity contribution in [1.29, 1.82) is 0 Å². The number of nitrogens with one attached hydrogen (secondary N) is 1. The van der Waals surface area contributed by atoms with E-state index in [2.05, 4.69) is 12.2 Å². The fourth-order valence-electron chi connectivity index (χ4n) is 2.76. The third kappa shape index (κ3) is 2.54. The van der Waals surface area contributed by atoms with Crippen molar-refractivity contribution in [1.82, 2.24) is 5.32 Å². The van der Waals surface area contributed by atoms with Crippen LogP contribution in [0, 0.1) is 17.3 Å². The Kier molecular flexibility index (Phi) is 4.30. The summed E-state index contributed by atoms with van der Waals surface area (Å²) >= 11 is 0. The average molecular weight is 231 g/mol. The molecule has 3 unspecified atom stereocenters. The van der Waals surface area contributed by atoms with E-state index in [1.807, 2.05) is 13.8 Å². The van der Waals surface area contributed by atoms with Gasteiger partial charge >= 0.3 is 5.97 Å². The number of rotatable bonds is 4. The molecule has 4 heteroatoms. The molecule has 0 bridgehead atoms. The zero-order chi connectivity index (χ0) is 12.3. The van der Waals surface area contributed by atoms with Gasteiger partial charge in [0.05, 0.1) is 5.92 Å². The molecule has 0 aromatic heterocycles. The van der Waals surface area contributed by atoms with E-state index in [1.54, 1.807) is 0 Å². The van der Waals surface area contributed by atoms with Crippen LogP contribution in [0.5, 0.6) is 0 Å². The van der Waals surface area contributed by atoms with Crippen LogP contribution in [0.25, 0.3) is 0 Å². The molecule has 0 radical (unpaired) electrons. The highest BCUT2D eigenvalue weighted by Gasteiger charge is 2.45. The van der Waals surface area contributed by atoms with Crippen molar-refractivity contribution in [2.75, 3.05) is 13.2 Å². The summed E-state index contributed by atoms with van der Waals surface area (Å²) in [5.74, 6) is -0.749. The van der Waals surface area contributed by atoms with Crippen molar-refractivity contribution in [3.05, 3.63) is 0 Å². The first-order chi connectivity index (χ1) is 7.41. The monoisotopic (exact) mass is 231 g/mol. The molecule has 1 rings (SSSR count). The number of aliphatic carboxylic acids is 1. The fourth-order valence-corrected chi connectivity index (χ4v) is 2.76. The standard InChI is InChI=1S/C12H22FNO2/c1-8-10(14-7-6-13)5-4-9(11(15)16)12(8,2)3/h8-10,14H,4-7H2,1-3H3,(H,15,16). The Morgan fingerprint density at radius 3 is 2.62 bits per heavy atom. The lowest BCUT2D eigenvalue weighted by Crippen LogP contribution is -2.51. The number of hydrogen-bond acceptors (Lipinski definition) is 2. The Hall–Kier alpha value is -0.640. The van der Waals surface area contributed by atoms with E-state index in [0.29, 0.717) is 13.0 Å². The van der Waals surface area contributed by atoms with Gasteiger partial charge in [0.1, 0.15) is 6.67 Å². The summed E-state index contributed by atoms with van der Waals surface area (Å²) < 4.78 is 12.1. The Morgan fingerprint density at radius 1 is 1.50 bits per heavy atom. The number of hydrogen-bond donors (Lipinski definition) is 2. The Labute approximate surface area is 96.4 Å². The van der Waals surface area contributed by atoms with E-state index >= 15 is 0 Å². The molecule has 1 aliphatic carbocycles. The number of carboxylic acid groups (broad SMARTS) is 1. The summed E-state index contributed by atoms with van der Waals surface area (Å²) in [6.45, 7) is 6.05. The lowest BCUT2D eigenvalue weighted by atomic mass is 9.61. The second-order valence-electron chi connectivity index (χ2n) is 5.33. The Bertz CT molecular complexity index is 255. The second kappa shape index (κ2) is 5.13. The number of alkyl halides is 1. The maximum atomic E-state index is 12.1. The van der Waals surface area contributed by atoms with Crippen LogP contribution >= 0.6 is 0 Å². The lowest BCUT2D eigenvalue weighted by Gasteiger charge is -2.46.